The summed E-state index contributed by atoms with van der Waals surface area (Å²) in [4.78, 5) is 5.09. The molecule has 0 radical (unpaired) electrons. The van der Waals surface area contributed by atoms with E-state index in [4.69, 9.17) is 9.72 Å². The molecule has 5 rings (SSSR count). The Bertz CT molecular complexity index is 1260. The van der Waals surface area contributed by atoms with E-state index in [0.717, 1.165) is 48.5 Å². The van der Waals surface area contributed by atoms with Gasteiger partial charge < -0.3 is 9.30 Å². The summed E-state index contributed by atoms with van der Waals surface area (Å²) in [6, 6.07) is 10.5. The molecule has 0 amide bonds. The molecular formula is C24H28FN3O3S2. The zero-order chi connectivity index (χ0) is 23.0. The minimum Gasteiger partial charge on any atom is -0.376 e. The van der Waals surface area contributed by atoms with Gasteiger partial charge in [-0.25, -0.2) is 17.8 Å². The summed E-state index contributed by atoms with van der Waals surface area (Å²) in [6.45, 7) is 4.32. The van der Waals surface area contributed by atoms with Gasteiger partial charge in [-0.05, 0) is 68.0 Å². The summed E-state index contributed by atoms with van der Waals surface area (Å²) in [5.41, 5.74) is 3.06. The van der Waals surface area contributed by atoms with Crippen LogP contribution in [0.25, 0.3) is 11.0 Å². The lowest BCUT2D eigenvalue weighted by Crippen LogP contribution is -2.27. The standard InChI is InChI=1S/C24H28FN3O3S2/c1-17-6-7-18(13-21(17)25)16-32-24-26-22-14-20(33(29,30)27-10-2-3-11-27)8-9-23(22)28(24)15-19-5-4-12-31-19/h6-9,13-14,19H,2-5,10-12,15-16H2,1H3. The predicted molar refractivity (Wildman–Crippen MR) is 127 cm³/mol. The lowest BCUT2D eigenvalue weighted by molar-refractivity contribution is 0.0960. The van der Waals surface area contributed by atoms with Gasteiger partial charge in [0.15, 0.2) is 5.16 Å². The maximum absolute atomic E-state index is 14.0. The second-order valence-corrected chi connectivity index (χ2v) is 11.7. The van der Waals surface area contributed by atoms with Gasteiger partial charge in [0.25, 0.3) is 0 Å². The molecule has 2 fully saturated rings. The number of thioether (sulfide) groups is 1. The van der Waals surface area contributed by atoms with Crippen molar-refractivity contribution in [1.29, 1.82) is 0 Å². The number of aromatic nitrogens is 2. The highest BCUT2D eigenvalue weighted by molar-refractivity contribution is 7.98. The number of halogens is 1. The van der Waals surface area contributed by atoms with E-state index in [0.29, 0.717) is 36.5 Å². The highest BCUT2D eigenvalue weighted by atomic mass is 32.2. The van der Waals surface area contributed by atoms with Gasteiger partial charge in [-0.3, -0.25) is 0 Å². The van der Waals surface area contributed by atoms with Crippen LogP contribution in [-0.4, -0.2) is 48.1 Å². The molecule has 1 atom stereocenters. The van der Waals surface area contributed by atoms with Gasteiger partial charge in [-0.2, -0.15) is 4.31 Å². The van der Waals surface area contributed by atoms with E-state index in [9.17, 15) is 12.8 Å². The van der Waals surface area contributed by atoms with Crippen LogP contribution >= 0.6 is 11.8 Å². The van der Waals surface area contributed by atoms with Crippen LogP contribution in [0.15, 0.2) is 46.5 Å². The third-order valence-electron chi connectivity index (χ3n) is 6.40. The first-order chi connectivity index (χ1) is 15.9. The number of hydrogen-bond donors (Lipinski definition) is 0. The molecule has 2 saturated heterocycles. The fourth-order valence-electron chi connectivity index (χ4n) is 4.48. The van der Waals surface area contributed by atoms with E-state index in [1.165, 1.54) is 11.8 Å². The molecule has 176 valence electrons. The molecule has 9 heteroatoms. The van der Waals surface area contributed by atoms with E-state index in [1.54, 1.807) is 35.5 Å². The van der Waals surface area contributed by atoms with Crippen molar-refractivity contribution >= 4 is 32.8 Å². The maximum atomic E-state index is 14.0. The average Bonchev–Trinajstić information content (AvgIpc) is 3.57. The van der Waals surface area contributed by atoms with Crippen LogP contribution in [-0.2, 0) is 27.1 Å². The number of sulfonamides is 1. The molecule has 1 unspecified atom stereocenters. The second kappa shape index (κ2) is 9.37. The molecule has 3 aromatic rings. The van der Waals surface area contributed by atoms with Crippen LogP contribution < -0.4 is 0 Å². The molecule has 0 aliphatic carbocycles. The third kappa shape index (κ3) is 4.69. The van der Waals surface area contributed by atoms with E-state index in [1.807, 2.05) is 12.1 Å². The molecule has 2 aromatic carbocycles. The van der Waals surface area contributed by atoms with Crippen LogP contribution in [0.4, 0.5) is 4.39 Å². The van der Waals surface area contributed by atoms with Crippen molar-refractivity contribution in [1.82, 2.24) is 13.9 Å². The second-order valence-electron chi connectivity index (χ2n) is 8.77. The van der Waals surface area contributed by atoms with Crippen molar-refractivity contribution in [3.63, 3.8) is 0 Å². The average molecular weight is 490 g/mol. The lowest BCUT2D eigenvalue weighted by atomic mass is 10.2. The van der Waals surface area contributed by atoms with Crippen molar-refractivity contribution in [2.45, 2.75) is 61.1 Å². The van der Waals surface area contributed by atoms with Crippen molar-refractivity contribution in [2.75, 3.05) is 19.7 Å². The Morgan fingerprint density at radius 3 is 2.70 bits per heavy atom. The lowest BCUT2D eigenvalue weighted by Gasteiger charge is -2.16. The monoisotopic (exact) mass is 489 g/mol. The Kier molecular flexibility index (Phi) is 6.48. The number of fused-ring (bicyclic) bond motifs is 1. The normalized spacial score (nSPS) is 19.6. The van der Waals surface area contributed by atoms with E-state index >= 15 is 0 Å². The number of hydrogen-bond acceptors (Lipinski definition) is 5. The first kappa shape index (κ1) is 22.8. The largest absolute Gasteiger partial charge is 0.376 e. The molecule has 0 N–H and O–H groups in total. The summed E-state index contributed by atoms with van der Waals surface area (Å²) in [5, 5.41) is 0.789. The molecule has 2 aliphatic heterocycles. The maximum Gasteiger partial charge on any atom is 0.243 e. The molecule has 0 spiro atoms. The van der Waals surface area contributed by atoms with Gasteiger partial charge in [0.05, 0.1) is 28.6 Å². The van der Waals surface area contributed by atoms with Crippen molar-refractivity contribution in [3.05, 3.63) is 53.3 Å². The van der Waals surface area contributed by atoms with Gasteiger partial charge in [-0.15, -0.1) is 0 Å². The Hall–Kier alpha value is -1.94. The highest BCUT2D eigenvalue weighted by Crippen LogP contribution is 2.31. The van der Waals surface area contributed by atoms with Crippen LogP contribution in [0.3, 0.4) is 0 Å². The minimum absolute atomic E-state index is 0.117. The van der Waals surface area contributed by atoms with Gasteiger partial charge in [0.1, 0.15) is 5.82 Å². The predicted octanol–water partition coefficient (Wildman–Crippen LogP) is 4.74. The number of nitrogens with zero attached hydrogens (tertiary/aromatic N) is 3. The number of benzene rings is 2. The number of imidazole rings is 1. The number of aryl methyl sites for hydroxylation is 1. The van der Waals surface area contributed by atoms with Crippen LogP contribution in [0.5, 0.6) is 0 Å². The zero-order valence-electron chi connectivity index (χ0n) is 18.7. The van der Waals surface area contributed by atoms with Gasteiger partial charge >= 0.3 is 0 Å². The van der Waals surface area contributed by atoms with E-state index < -0.39 is 10.0 Å². The number of rotatable bonds is 7. The van der Waals surface area contributed by atoms with Crippen molar-refractivity contribution < 1.29 is 17.5 Å². The first-order valence-electron chi connectivity index (χ1n) is 11.4. The molecular weight excluding hydrogens is 461 g/mol. The first-order valence-corrected chi connectivity index (χ1v) is 13.8. The Balaban J connectivity index is 1.48. The fraction of sp³-hybridized carbons (Fsp3) is 0.458. The SMILES string of the molecule is Cc1ccc(CSc2nc3cc(S(=O)(=O)N4CCCC4)ccc3n2CC2CCCO2)cc1F. The molecule has 33 heavy (non-hydrogen) atoms. The fourth-order valence-corrected chi connectivity index (χ4v) is 6.98. The highest BCUT2D eigenvalue weighted by Gasteiger charge is 2.28. The molecule has 0 saturated carbocycles. The molecule has 2 aliphatic rings. The van der Waals surface area contributed by atoms with Crippen LogP contribution in [0.1, 0.15) is 36.8 Å². The minimum atomic E-state index is -3.51. The van der Waals surface area contributed by atoms with Gasteiger partial charge in [-0.1, -0.05) is 23.9 Å². The molecule has 1 aromatic heterocycles. The Morgan fingerprint density at radius 1 is 1.15 bits per heavy atom. The summed E-state index contributed by atoms with van der Waals surface area (Å²) < 4.78 is 49.6. The van der Waals surface area contributed by atoms with Gasteiger partial charge in [0.2, 0.25) is 10.0 Å². The molecule has 6 nitrogen and oxygen atoms in total. The molecule has 0 bridgehead atoms. The number of ether oxygens (including phenoxy) is 1. The van der Waals surface area contributed by atoms with Crippen molar-refractivity contribution in [2.24, 2.45) is 0 Å². The molecule has 3 heterocycles. The van der Waals surface area contributed by atoms with E-state index in [-0.39, 0.29) is 16.8 Å². The third-order valence-corrected chi connectivity index (χ3v) is 9.34. The smallest absolute Gasteiger partial charge is 0.243 e. The van der Waals surface area contributed by atoms with Crippen LogP contribution in [0, 0.1) is 12.7 Å². The van der Waals surface area contributed by atoms with Crippen LogP contribution in [0.2, 0.25) is 0 Å². The summed E-state index contributed by atoms with van der Waals surface area (Å²) >= 11 is 1.53. The summed E-state index contributed by atoms with van der Waals surface area (Å²) in [5.74, 6) is 0.364. The Morgan fingerprint density at radius 2 is 1.97 bits per heavy atom. The topological polar surface area (TPSA) is 64.4 Å². The Labute approximate surface area is 198 Å². The van der Waals surface area contributed by atoms with Crippen molar-refractivity contribution in [3.8, 4) is 0 Å². The van der Waals surface area contributed by atoms with Gasteiger partial charge in [0, 0.05) is 25.4 Å². The quantitative estimate of drug-likeness (QED) is 0.449. The summed E-state index contributed by atoms with van der Waals surface area (Å²) in [7, 11) is -3.51. The summed E-state index contributed by atoms with van der Waals surface area (Å²) in [6.07, 6.45) is 3.96. The zero-order valence-corrected chi connectivity index (χ0v) is 20.3. The van der Waals surface area contributed by atoms with E-state index in [2.05, 4.69) is 4.57 Å².